The lowest BCUT2D eigenvalue weighted by molar-refractivity contribution is -0.870. The van der Waals surface area contributed by atoms with E-state index in [9.17, 15) is 19.5 Å². The van der Waals surface area contributed by atoms with Crippen LogP contribution >= 0.6 is 0 Å². The normalized spacial score (nSPS) is 13.7. The maximum Gasteiger partial charge on any atom is 0.306 e. The van der Waals surface area contributed by atoms with Gasteiger partial charge in [0.2, 0.25) is 0 Å². The minimum atomic E-state index is -1.63. The average Bonchev–Trinajstić information content (AvgIpc) is 3.44. The fourth-order valence-corrected chi connectivity index (χ4v) is 8.18. The Morgan fingerprint density at radius 2 is 0.704 bits per heavy atom. The zero-order chi connectivity index (χ0) is 59.1. The van der Waals surface area contributed by atoms with E-state index in [1.165, 1.54) is 64.2 Å². The van der Waals surface area contributed by atoms with Crippen molar-refractivity contribution in [3.63, 3.8) is 0 Å². The summed E-state index contributed by atoms with van der Waals surface area (Å²) in [5.74, 6) is -2.32. The molecule has 0 N–H and O–H groups in total. The van der Waals surface area contributed by atoms with E-state index in [-0.39, 0.29) is 38.6 Å². The molecular weight excluding hydrogens is 1010 g/mol. The van der Waals surface area contributed by atoms with E-state index in [1.807, 2.05) is 21.1 Å². The van der Waals surface area contributed by atoms with Crippen LogP contribution in [0.25, 0.3) is 0 Å². The number of carbonyl (C=O) groups excluding carboxylic acids is 3. The van der Waals surface area contributed by atoms with Crippen molar-refractivity contribution in [3.8, 4) is 0 Å². The van der Waals surface area contributed by atoms with Gasteiger partial charge in [-0.15, -0.1) is 0 Å². The van der Waals surface area contributed by atoms with Crippen molar-refractivity contribution >= 4 is 17.9 Å². The van der Waals surface area contributed by atoms with Crippen LogP contribution in [-0.4, -0.2) is 82.3 Å². The Hall–Kier alpha value is -4.83. The largest absolute Gasteiger partial charge is 0.545 e. The molecule has 0 aliphatic carbocycles. The summed E-state index contributed by atoms with van der Waals surface area (Å²) in [5, 5.41) is 11.8. The van der Waals surface area contributed by atoms with Crippen LogP contribution in [0, 0.1) is 0 Å². The van der Waals surface area contributed by atoms with Gasteiger partial charge in [-0.05, 0) is 122 Å². The van der Waals surface area contributed by atoms with E-state index in [0.717, 1.165) is 135 Å². The van der Waals surface area contributed by atoms with Gasteiger partial charge in [-0.2, -0.15) is 0 Å². The first-order chi connectivity index (χ1) is 39.6. The van der Waals surface area contributed by atoms with Crippen LogP contribution in [0.3, 0.4) is 0 Å². The molecule has 2 unspecified atom stereocenters. The summed E-state index contributed by atoms with van der Waals surface area (Å²) in [4.78, 5) is 37.3. The highest BCUT2D eigenvalue weighted by Crippen LogP contribution is 2.14. The van der Waals surface area contributed by atoms with Crippen LogP contribution in [0.4, 0.5) is 0 Å². The molecule has 0 heterocycles. The molecule has 9 nitrogen and oxygen atoms in total. The molecule has 0 saturated carbocycles. The molecule has 2 atom stereocenters. The second kappa shape index (κ2) is 61.2. The SMILES string of the molecule is CC/C=C\C/C=C\C/C=C\C/C=C\C/C=C\C/C=C\C/C=C\C/C=C\C/C=C\C/C=C\C/C=C\CCCCCCCCCC(=O)OC(COC(=O)CCCCCCC/C=C\CCCCCCCC)COC(OCC[N+](C)(C)C)C(=O)[O-]. The molecule has 0 radical (unpaired) electrons. The molecule has 0 rings (SSSR count). The van der Waals surface area contributed by atoms with Gasteiger partial charge in [0.05, 0.1) is 40.3 Å². The molecule has 9 heteroatoms. The number of carboxylic acids is 1. The van der Waals surface area contributed by atoms with Crippen molar-refractivity contribution in [2.24, 2.45) is 0 Å². The number of carboxylic acid groups (broad SMARTS) is 1. The first kappa shape index (κ1) is 76.2. The molecule has 0 aromatic carbocycles. The molecule has 0 aromatic rings. The predicted octanol–water partition coefficient (Wildman–Crippen LogP) is 18.2. The second-order valence-electron chi connectivity index (χ2n) is 22.0. The molecule has 0 amide bonds. The summed E-state index contributed by atoms with van der Waals surface area (Å²) >= 11 is 0. The first-order valence-electron chi connectivity index (χ1n) is 32.0. The highest BCUT2D eigenvalue weighted by Gasteiger charge is 2.22. The molecule has 0 aromatic heterocycles. The van der Waals surface area contributed by atoms with Crippen molar-refractivity contribution in [1.29, 1.82) is 0 Å². The number of esters is 2. The molecule has 0 bridgehead atoms. The van der Waals surface area contributed by atoms with Gasteiger partial charge in [0.1, 0.15) is 13.2 Å². The first-order valence-corrected chi connectivity index (χ1v) is 32.0. The van der Waals surface area contributed by atoms with Gasteiger partial charge < -0.3 is 33.3 Å². The predicted molar refractivity (Wildman–Crippen MR) is 342 cm³/mol. The number of carbonyl (C=O) groups is 3. The summed E-state index contributed by atoms with van der Waals surface area (Å²) in [6, 6.07) is 0. The van der Waals surface area contributed by atoms with Crippen molar-refractivity contribution in [1.82, 2.24) is 0 Å². The summed E-state index contributed by atoms with van der Waals surface area (Å²) < 4.78 is 22.7. The number of rotatable bonds is 57. The number of nitrogens with zero attached hydrogens (tertiary/aromatic N) is 1. The topological polar surface area (TPSA) is 111 Å². The van der Waals surface area contributed by atoms with Gasteiger partial charge >= 0.3 is 11.9 Å². The number of allylic oxidation sites excluding steroid dienone is 24. The Morgan fingerprint density at radius 3 is 1.06 bits per heavy atom. The van der Waals surface area contributed by atoms with Crippen LogP contribution in [0.15, 0.2) is 146 Å². The lowest BCUT2D eigenvalue weighted by atomic mass is 10.1. The second-order valence-corrected chi connectivity index (χ2v) is 22.0. The van der Waals surface area contributed by atoms with Gasteiger partial charge in [0.25, 0.3) is 0 Å². The van der Waals surface area contributed by atoms with Crippen LogP contribution in [-0.2, 0) is 33.3 Å². The smallest absolute Gasteiger partial charge is 0.306 e. The van der Waals surface area contributed by atoms with E-state index >= 15 is 0 Å². The van der Waals surface area contributed by atoms with E-state index in [2.05, 4.69) is 160 Å². The maximum absolute atomic E-state index is 12.9. The molecule has 81 heavy (non-hydrogen) atoms. The summed E-state index contributed by atoms with van der Waals surface area (Å²) in [6.07, 6.45) is 86.3. The quantitative estimate of drug-likeness (QED) is 0.0195. The van der Waals surface area contributed by atoms with Gasteiger partial charge in [0.15, 0.2) is 12.4 Å². The van der Waals surface area contributed by atoms with E-state index < -0.39 is 24.3 Å². The van der Waals surface area contributed by atoms with Gasteiger partial charge in [-0.25, -0.2) is 0 Å². The Bertz CT molecular complexity index is 1840. The number of hydrogen-bond acceptors (Lipinski definition) is 8. The Balaban J connectivity index is 4.19. The summed E-state index contributed by atoms with van der Waals surface area (Å²) in [5.41, 5.74) is 0. The van der Waals surface area contributed by atoms with Crippen molar-refractivity contribution in [3.05, 3.63) is 146 Å². The van der Waals surface area contributed by atoms with Crippen LogP contribution in [0.1, 0.15) is 232 Å². The third-order valence-electron chi connectivity index (χ3n) is 13.1. The maximum atomic E-state index is 12.9. The van der Waals surface area contributed by atoms with E-state index in [4.69, 9.17) is 18.9 Å². The lowest BCUT2D eigenvalue weighted by Gasteiger charge is -2.26. The van der Waals surface area contributed by atoms with Crippen molar-refractivity contribution in [2.45, 2.75) is 245 Å². The van der Waals surface area contributed by atoms with Crippen LogP contribution < -0.4 is 5.11 Å². The monoisotopic (exact) mass is 1120 g/mol. The standard InChI is InChI=1S/C72H117NO8/c1-6-8-10-12-14-16-18-20-22-23-24-25-26-27-28-29-30-31-32-33-34-35-36-37-38-39-40-41-42-43-44-45-46-47-49-51-53-55-57-59-61-63-70(75)81-68(67-80-72(71(76)77)78-65-64-73(3,4)5)66-79-69(74)62-60-58-56-54-52-50-48-21-19-17-15-13-11-9-7-2/h8,10,14,16,20-22,24-25,27-28,30-31,33-34,36-37,39-40,42-43,45-46,48,68,72H,6-7,9,11-13,15,17-19,23,26,29,32,35,38,41,44,47,49-67H2,1-5H3/b10-8-,16-14-,22-20-,25-24-,28-27-,31-30-,34-33-,37-36-,40-39-,43-42-,46-45-,48-21-. The van der Waals surface area contributed by atoms with Crippen molar-refractivity contribution in [2.75, 3.05) is 47.5 Å². The lowest BCUT2D eigenvalue weighted by Crippen LogP contribution is -2.44. The Labute approximate surface area is 496 Å². The number of quaternary nitrogens is 1. The number of hydrogen-bond donors (Lipinski definition) is 0. The molecule has 0 spiro atoms. The molecule has 0 saturated heterocycles. The highest BCUT2D eigenvalue weighted by molar-refractivity contribution is 5.70. The number of likely N-dealkylation sites (N-methyl/N-ethyl adjacent to an activating group) is 1. The zero-order valence-corrected chi connectivity index (χ0v) is 52.1. The molecule has 0 aliphatic heterocycles. The number of ether oxygens (including phenoxy) is 4. The fourth-order valence-electron chi connectivity index (χ4n) is 8.18. The van der Waals surface area contributed by atoms with E-state index in [0.29, 0.717) is 17.4 Å². The Kier molecular flexibility index (Phi) is 57.6. The van der Waals surface area contributed by atoms with Crippen LogP contribution in [0.2, 0.25) is 0 Å². The molecular formula is C72H117NO8. The molecule has 458 valence electrons. The zero-order valence-electron chi connectivity index (χ0n) is 52.1. The summed E-state index contributed by atoms with van der Waals surface area (Å²) in [7, 11) is 5.91. The minimum absolute atomic E-state index is 0.137. The number of unbranched alkanes of at least 4 members (excludes halogenated alkanes) is 18. The fraction of sp³-hybridized carbons (Fsp3) is 0.625. The van der Waals surface area contributed by atoms with Gasteiger partial charge in [-0.1, -0.05) is 243 Å². The third-order valence-corrected chi connectivity index (χ3v) is 13.1. The highest BCUT2D eigenvalue weighted by atomic mass is 16.7. The van der Waals surface area contributed by atoms with Crippen molar-refractivity contribution < 1.29 is 42.9 Å². The summed E-state index contributed by atoms with van der Waals surface area (Å²) in [6.45, 7) is 4.59. The molecule has 0 fully saturated rings. The Morgan fingerprint density at radius 1 is 0.383 bits per heavy atom. The third kappa shape index (κ3) is 62.6. The number of aliphatic carboxylic acids is 1. The van der Waals surface area contributed by atoms with Gasteiger partial charge in [-0.3, -0.25) is 9.59 Å². The molecule has 0 aliphatic rings. The van der Waals surface area contributed by atoms with Gasteiger partial charge in [0, 0.05) is 12.8 Å². The average molecular weight is 1120 g/mol. The minimum Gasteiger partial charge on any atom is -0.545 e. The van der Waals surface area contributed by atoms with E-state index in [1.54, 1.807) is 0 Å². The van der Waals surface area contributed by atoms with Crippen LogP contribution in [0.5, 0.6) is 0 Å².